The monoisotopic (exact) mass is 493 g/mol. The average Bonchev–Trinajstić information content (AvgIpc) is 2.83. The van der Waals surface area contributed by atoms with Gasteiger partial charge >= 0.3 is 0 Å². The summed E-state index contributed by atoms with van der Waals surface area (Å²) in [7, 11) is 0. The van der Waals surface area contributed by atoms with Crippen LogP contribution in [0.2, 0.25) is 5.02 Å². The maximum Gasteiger partial charge on any atom is 0.238 e. The van der Waals surface area contributed by atoms with Crippen LogP contribution in [-0.4, -0.2) is 33.7 Å². The van der Waals surface area contributed by atoms with Gasteiger partial charge in [-0.05, 0) is 48.9 Å². The largest absolute Gasteiger partial charge is 0.494 e. The summed E-state index contributed by atoms with van der Waals surface area (Å²) in [4.78, 5) is 32.6. The number of benzene rings is 3. The third-order valence-corrected chi connectivity index (χ3v) is 6.52. The van der Waals surface area contributed by atoms with E-state index in [9.17, 15) is 9.59 Å². The zero-order chi connectivity index (χ0) is 23.9. The van der Waals surface area contributed by atoms with Crippen molar-refractivity contribution in [1.29, 1.82) is 0 Å². The van der Waals surface area contributed by atoms with Crippen molar-refractivity contribution in [3.05, 3.63) is 89.4 Å². The van der Waals surface area contributed by atoms with Crippen LogP contribution in [0.5, 0.6) is 5.75 Å². The molecule has 8 heteroatoms. The van der Waals surface area contributed by atoms with Crippen LogP contribution in [0.3, 0.4) is 0 Å². The van der Waals surface area contributed by atoms with Crippen molar-refractivity contribution >= 4 is 51.7 Å². The maximum atomic E-state index is 13.2. The number of aliphatic imine (C=N–C) groups is 1. The van der Waals surface area contributed by atoms with E-state index in [-0.39, 0.29) is 18.2 Å². The van der Waals surface area contributed by atoms with Crippen molar-refractivity contribution in [2.45, 2.75) is 25.1 Å². The van der Waals surface area contributed by atoms with E-state index in [1.165, 1.54) is 11.8 Å². The number of ether oxygens (including phenoxy) is 1. The molecule has 1 fully saturated rings. The number of nitrogens with one attached hydrogen (secondary N) is 1. The van der Waals surface area contributed by atoms with Crippen LogP contribution in [0.4, 0.5) is 11.4 Å². The molecule has 3 aromatic carbocycles. The predicted octanol–water partition coefficient (Wildman–Crippen LogP) is 5.90. The molecule has 6 nitrogen and oxygen atoms in total. The first kappa shape index (κ1) is 23.9. The van der Waals surface area contributed by atoms with Gasteiger partial charge in [-0.3, -0.25) is 14.5 Å². The Morgan fingerprint density at radius 1 is 1.12 bits per heavy atom. The molecule has 1 heterocycles. The Kier molecular flexibility index (Phi) is 7.87. The van der Waals surface area contributed by atoms with Gasteiger partial charge in [-0.15, -0.1) is 0 Å². The van der Waals surface area contributed by atoms with E-state index in [1.54, 1.807) is 29.2 Å². The number of amides is 2. The summed E-state index contributed by atoms with van der Waals surface area (Å²) in [5.41, 5.74) is 2.26. The fraction of sp³-hybridized carbons (Fsp3) is 0.192. The van der Waals surface area contributed by atoms with E-state index in [4.69, 9.17) is 21.3 Å². The zero-order valence-corrected chi connectivity index (χ0v) is 20.2. The van der Waals surface area contributed by atoms with E-state index in [0.29, 0.717) is 40.5 Å². The highest BCUT2D eigenvalue weighted by atomic mass is 35.5. The molecular weight excluding hydrogens is 470 g/mol. The van der Waals surface area contributed by atoms with Crippen LogP contribution in [-0.2, 0) is 16.1 Å². The molecule has 0 radical (unpaired) electrons. The third kappa shape index (κ3) is 6.18. The Hall–Kier alpha value is -3.29. The highest BCUT2D eigenvalue weighted by molar-refractivity contribution is 8.15. The normalized spacial score (nSPS) is 17.0. The highest BCUT2D eigenvalue weighted by Gasteiger charge is 2.36. The van der Waals surface area contributed by atoms with Gasteiger partial charge in [0.25, 0.3) is 0 Å². The molecule has 0 aliphatic carbocycles. The molecule has 1 aliphatic heterocycles. The summed E-state index contributed by atoms with van der Waals surface area (Å²) in [5.74, 6) is 0.263. The van der Waals surface area contributed by atoms with Gasteiger partial charge < -0.3 is 10.1 Å². The second-order valence-corrected chi connectivity index (χ2v) is 9.20. The number of thioether (sulfide) groups is 1. The molecule has 3 aromatic rings. The molecule has 1 saturated heterocycles. The van der Waals surface area contributed by atoms with Crippen LogP contribution >= 0.6 is 23.4 Å². The van der Waals surface area contributed by atoms with Gasteiger partial charge in [0.05, 0.1) is 18.8 Å². The third-order valence-electron chi connectivity index (χ3n) is 5.08. The van der Waals surface area contributed by atoms with E-state index >= 15 is 0 Å². The van der Waals surface area contributed by atoms with E-state index in [0.717, 1.165) is 5.56 Å². The number of amidine groups is 1. The molecule has 2 amide bonds. The molecule has 1 unspecified atom stereocenters. The molecule has 0 saturated carbocycles. The van der Waals surface area contributed by atoms with Crippen LogP contribution in [0, 0.1) is 0 Å². The molecule has 0 aromatic heterocycles. The summed E-state index contributed by atoms with van der Waals surface area (Å²) in [6, 6.07) is 23.9. The highest BCUT2D eigenvalue weighted by Crippen LogP contribution is 2.31. The molecule has 0 spiro atoms. The number of halogens is 1. The molecule has 1 N–H and O–H groups in total. The van der Waals surface area contributed by atoms with Gasteiger partial charge in [0, 0.05) is 23.2 Å². The summed E-state index contributed by atoms with van der Waals surface area (Å²) in [6.07, 6.45) is 0.0725. The number of carbonyl (C=O) groups is 2. The first-order valence-electron chi connectivity index (χ1n) is 10.9. The molecular formula is C26H24ClN3O3S. The van der Waals surface area contributed by atoms with Crippen LogP contribution in [0.25, 0.3) is 0 Å². The molecule has 174 valence electrons. The molecule has 1 atom stereocenters. The van der Waals surface area contributed by atoms with Crippen LogP contribution in [0.1, 0.15) is 18.9 Å². The van der Waals surface area contributed by atoms with Gasteiger partial charge in [0.2, 0.25) is 11.8 Å². The standard InChI is InChI=1S/C26H24ClN3O3S/c1-2-33-22-10-6-9-21(15-22)28-25(32)23-16-24(31)30(17-18-11-13-19(27)14-12-18)26(34-23)29-20-7-4-3-5-8-20/h3-15,23H,2,16-17H2,1H3,(H,28,32). The van der Waals surface area contributed by atoms with Crippen molar-refractivity contribution in [2.75, 3.05) is 11.9 Å². The molecule has 1 aliphatic rings. The molecule has 34 heavy (non-hydrogen) atoms. The first-order chi connectivity index (χ1) is 16.5. The van der Waals surface area contributed by atoms with Gasteiger partial charge in [-0.1, -0.05) is 59.8 Å². The van der Waals surface area contributed by atoms with Crippen molar-refractivity contribution < 1.29 is 14.3 Å². The molecule has 0 bridgehead atoms. The van der Waals surface area contributed by atoms with Crippen molar-refractivity contribution in [3.8, 4) is 5.75 Å². The van der Waals surface area contributed by atoms with Gasteiger partial charge in [-0.25, -0.2) is 4.99 Å². The van der Waals surface area contributed by atoms with E-state index < -0.39 is 5.25 Å². The number of rotatable bonds is 7. The van der Waals surface area contributed by atoms with E-state index in [2.05, 4.69) is 5.32 Å². The van der Waals surface area contributed by atoms with Gasteiger partial charge in [0.1, 0.15) is 11.0 Å². The van der Waals surface area contributed by atoms with Crippen molar-refractivity contribution in [2.24, 2.45) is 4.99 Å². The summed E-state index contributed by atoms with van der Waals surface area (Å²) >= 11 is 7.29. The Balaban J connectivity index is 1.56. The smallest absolute Gasteiger partial charge is 0.238 e. The average molecular weight is 494 g/mol. The lowest BCUT2D eigenvalue weighted by atomic mass is 10.2. The summed E-state index contributed by atoms with van der Waals surface area (Å²) < 4.78 is 5.51. The maximum absolute atomic E-state index is 13.2. The topological polar surface area (TPSA) is 71.0 Å². The van der Waals surface area contributed by atoms with Gasteiger partial charge in [0.15, 0.2) is 5.17 Å². The quantitative estimate of drug-likeness (QED) is 0.445. The minimum atomic E-state index is -0.604. The second-order valence-electron chi connectivity index (χ2n) is 7.60. The van der Waals surface area contributed by atoms with Crippen molar-refractivity contribution in [1.82, 2.24) is 4.90 Å². The SMILES string of the molecule is CCOc1cccc(NC(=O)C2CC(=O)N(Cc3ccc(Cl)cc3)C(=Nc3ccccc3)S2)c1. The second kappa shape index (κ2) is 11.2. The van der Waals surface area contributed by atoms with Gasteiger partial charge in [-0.2, -0.15) is 0 Å². The Morgan fingerprint density at radius 2 is 1.88 bits per heavy atom. The first-order valence-corrected chi connectivity index (χ1v) is 12.2. The summed E-state index contributed by atoms with van der Waals surface area (Å²) in [5, 5.41) is 3.42. The zero-order valence-electron chi connectivity index (χ0n) is 18.6. The Bertz CT molecular complexity index is 1190. The Labute approximate surface area is 208 Å². The van der Waals surface area contributed by atoms with Crippen LogP contribution < -0.4 is 10.1 Å². The number of hydrogen-bond acceptors (Lipinski definition) is 5. The molecule has 4 rings (SSSR count). The minimum Gasteiger partial charge on any atom is -0.494 e. The number of nitrogens with zero attached hydrogens (tertiary/aromatic N) is 2. The minimum absolute atomic E-state index is 0.0725. The number of anilines is 1. The lowest BCUT2D eigenvalue weighted by molar-refractivity contribution is -0.129. The van der Waals surface area contributed by atoms with Crippen LogP contribution in [0.15, 0.2) is 83.9 Å². The number of carbonyl (C=O) groups excluding carboxylic acids is 2. The predicted molar refractivity (Wildman–Crippen MR) is 138 cm³/mol. The lowest BCUT2D eigenvalue weighted by Crippen LogP contribution is -2.44. The number of hydrogen-bond donors (Lipinski definition) is 1. The van der Waals surface area contributed by atoms with E-state index in [1.807, 2.05) is 61.5 Å². The summed E-state index contributed by atoms with van der Waals surface area (Å²) in [6.45, 7) is 2.78. The Morgan fingerprint density at radius 3 is 2.62 bits per heavy atom. The lowest BCUT2D eigenvalue weighted by Gasteiger charge is -2.32. The van der Waals surface area contributed by atoms with Crippen molar-refractivity contribution in [3.63, 3.8) is 0 Å². The fourth-order valence-corrected chi connectivity index (χ4v) is 4.66. The fourth-order valence-electron chi connectivity index (χ4n) is 3.44. The number of para-hydroxylation sites is 1.